The highest BCUT2D eigenvalue weighted by atomic mass is 32.2. The van der Waals surface area contributed by atoms with Gasteiger partial charge in [-0.05, 0) is 50.2 Å². The molecule has 0 aliphatic heterocycles. The van der Waals surface area contributed by atoms with Crippen molar-refractivity contribution in [2.24, 2.45) is 0 Å². The van der Waals surface area contributed by atoms with E-state index in [9.17, 15) is 0 Å². The molecule has 28 heavy (non-hydrogen) atoms. The minimum Gasteiger partial charge on any atom is -0.497 e. The highest BCUT2D eigenvalue weighted by Gasteiger charge is 2.17. The highest BCUT2D eigenvalue weighted by Crippen LogP contribution is 2.30. The second-order valence-corrected chi connectivity index (χ2v) is 7.37. The van der Waals surface area contributed by atoms with Gasteiger partial charge in [-0.25, -0.2) is 0 Å². The minimum absolute atomic E-state index is 0.632. The average molecular weight is 392 g/mol. The SMILES string of the molecule is COc1ccc(-c2nnc(SCc3cc(C)no3)n2-c2ccc(C)cc2)cc1. The lowest BCUT2D eigenvalue weighted by atomic mass is 10.2. The molecule has 0 radical (unpaired) electrons. The fraction of sp³-hybridized carbons (Fsp3) is 0.190. The van der Waals surface area contributed by atoms with Crippen LogP contribution in [0.5, 0.6) is 5.75 Å². The van der Waals surface area contributed by atoms with Gasteiger partial charge in [0.2, 0.25) is 0 Å². The minimum atomic E-state index is 0.632. The topological polar surface area (TPSA) is 66.0 Å². The fourth-order valence-electron chi connectivity index (χ4n) is 2.84. The molecule has 0 aliphatic rings. The van der Waals surface area contributed by atoms with Crippen LogP contribution in [0, 0.1) is 13.8 Å². The molecule has 0 amide bonds. The van der Waals surface area contributed by atoms with Crippen LogP contribution in [0.3, 0.4) is 0 Å². The monoisotopic (exact) mass is 392 g/mol. The van der Waals surface area contributed by atoms with Gasteiger partial charge in [0.25, 0.3) is 0 Å². The summed E-state index contributed by atoms with van der Waals surface area (Å²) >= 11 is 1.57. The lowest BCUT2D eigenvalue weighted by molar-refractivity contribution is 0.391. The maximum atomic E-state index is 5.32. The molecule has 0 unspecified atom stereocenters. The van der Waals surface area contributed by atoms with Crippen LogP contribution in [0.1, 0.15) is 17.0 Å². The molecule has 2 aromatic carbocycles. The van der Waals surface area contributed by atoms with Crippen LogP contribution in [0.2, 0.25) is 0 Å². The van der Waals surface area contributed by atoms with Crippen LogP contribution >= 0.6 is 11.8 Å². The maximum absolute atomic E-state index is 5.32. The van der Waals surface area contributed by atoms with E-state index in [-0.39, 0.29) is 0 Å². The quantitative estimate of drug-likeness (QED) is 0.438. The second kappa shape index (κ2) is 7.90. The predicted octanol–water partition coefficient (Wildman–Crippen LogP) is 4.84. The standard InChI is InChI=1S/C21H20N4O2S/c1-14-4-8-17(9-5-14)25-20(16-6-10-18(26-3)11-7-16)22-23-21(25)28-13-19-12-15(2)24-27-19/h4-12H,13H2,1-3H3. The number of rotatable bonds is 6. The van der Waals surface area contributed by atoms with Crippen LogP contribution in [0.15, 0.2) is 64.3 Å². The second-order valence-electron chi connectivity index (χ2n) is 6.43. The molecule has 0 fully saturated rings. The van der Waals surface area contributed by atoms with Gasteiger partial charge in [0, 0.05) is 17.3 Å². The molecule has 7 heteroatoms. The Morgan fingerprint density at radius 2 is 1.75 bits per heavy atom. The molecular weight excluding hydrogens is 372 g/mol. The molecule has 2 aromatic heterocycles. The molecular formula is C21H20N4O2S. The summed E-state index contributed by atoms with van der Waals surface area (Å²) < 4.78 is 12.7. The van der Waals surface area contributed by atoms with E-state index in [1.54, 1.807) is 18.9 Å². The summed E-state index contributed by atoms with van der Waals surface area (Å²) in [4.78, 5) is 0. The summed E-state index contributed by atoms with van der Waals surface area (Å²) in [5.74, 6) is 3.03. The van der Waals surface area contributed by atoms with Crippen molar-refractivity contribution in [1.82, 2.24) is 19.9 Å². The molecule has 0 N–H and O–H groups in total. The van der Waals surface area contributed by atoms with Gasteiger partial charge in [-0.1, -0.05) is 34.6 Å². The van der Waals surface area contributed by atoms with Gasteiger partial charge in [0.05, 0.1) is 18.6 Å². The fourth-order valence-corrected chi connectivity index (χ4v) is 3.66. The summed E-state index contributed by atoms with van der Waals surface area (Å²) in [7, 11) is 1.66. The van der Waals surface area contributed by atoms with E-state index >= 15 is 0 Å². The van der Waals surface area contributed by atoms with E-state index < -0.39 is 0 Å². The first-order valence-electron chi connectivity index (χ1n) is 8.86. The van der Waals surface area contributed by atoms with Crippen molar-refractivity contribution < 1.29 is 9.26 Å². The lowest BCUT2D eigenvalue weighted by Gasteiger charge is -2.11. The van der Waals surface area contributed by atoms with Crippen molar-refractivity contribution in [3.63, 3.8) is 0 Å². The summed E-state index contributed by atoms with van der Waals surface area (Å²) in [6, 6.07) is 18.1. The number of aromatic nitrogens is 4. The molecule has 0 aliphatic carbocycles. The number of nitrogens with zero attached hydrogens (tertiary/aromatic N) is 4. The Morgan fingerprint density at radius 3 is 2.39 bits per heavy atom. The number of methoxy groups -OCH3 is 1. The summed E-state index contributed by atoms with van der Waals surface area (Å²) in [5.41, 5.74) is 4.05. The van der Waals surface area contributed by atoms with Gasteiger partial charge >= 0.3 is 0 Å². The van der Waals surface area contributed by atoms with Gasteiger partial charge in [0.1, 0.15) is 11.5 Å². The molecule has 0 bridgehead atoms. The van der Waals surface area contributed by atoms with E-state index in [1.807, 2.05) is 37.3 Å². The largest absolute Gasteiger partial charge is 0.497 e. The van der Waals surface area contributed by atoms with Crippen LogP contribution < -0.4 is 4.74 Å². The first kappa shape index (κ1) is 18.3. The van der Waals surface area contributed by atoms with Crippen molar-refractivity contribution in [2.75, 3.05) is 7.11 Å². The Balaban J connectivity index is 1.72. The molecule has 4 rings (SSSR count). The van der Waals surface area contributed by atoms with Crippen LogP contribution in [0.4, 0.5) is 0 Å². The molecule has 0 atom stereocenters. The third-order valence-electron chi connectivity index (χ3n) is 4.29. The van der Waals surface area contributed by atoms with Crippen LogP contribution in [-0.2, 0) is 5.75 Å². The summed E-state index contributed by atoms with van der Waals surface area (Å²) in [6.07, 6.45) is 0. The average Bonchev–Trinajstić information content (AvgIpc) is 3.33. The van der Waals surface area contributed by atoms with Gasteiger partial charge < -0.3 is 9.26 Å². The van der Waals surface area contributed by atoms with E-state index in [0.29, 0.717) is 5.75 Å². The van der Waals surface area contributed by atoms with Gasteiger partial charge in [-0.15, -0.1) is 10.2 Å². The normalized spacial score (nSPS) is 11.0. The van der Waals surface area contributed by atoms with Crippen molar-refractivity contribution in [1.29, 1.82) is 0 Å². The Kier molecular flexibility index (Phi) is 5.16. The lowest BCUT2D eigenvalue weighted by Crippen LogP contribution is -2.00. The summed E-state index contributed by atoms with van der Waals surface area (Å²) in [6.45, 7) is 3.98. The van der Waals surface area contributed by atoms with E-state index in [2.05, 4.69) is 51.1 Å². The van der Waals surface area contributed by atoms with Crippen molar-refractivity contribution in [2.45, 2.75) is 24.8 Å². The smallest absolute Gasteiger partial charge is 0.196 e. The Bertz CT molecular complexity index is 1070. The zero-order valence-electron chi connectivity index (χ0n) is 15.9. The zero-order valence-corrected chi connectivity index (χ0v) is 16.7. The van der Waals surface area contributed by atoms with Crippen molar-refractivity contribution in [3.05, 3.63) is 71.6 Å². The van der Waals surface area contributed by atoms with Crippen molar-refractivity contribution in [3.8, 4) is 22.8 Å². The zero-order chi connectivity index (χ0) is 19.5. The Labute approximate surface area is 167 Å². The van der Waals surface area contributed by atoms with Crippen LogP contribution in [-0.4, -0.2) is 27.0 Å². The number of ether oxygens (including phenoxy) is 1. The number of thioether (sulfide) groups is 1. The molecule has 2 heterocycles. The van der Waals surface area contributed by atoms with E-state index in [4.69, 9.17) is 9.26 Å². The highest BCUT2D eigenvalue weighted by molar-refractivity contribution is 7.98. The van der Waals surface area contributed by atoms with Gasteiger partial charge in [0.15, 0.2) is 11.0 Å². The summed E-state index contributed by atoms with van der Waals surface area (Å²) in [5, 5.41) is 13.6. The predicted molar refractivity (Wildman–Crippen MR) is 109 cm³/mol. The molecule has 142 valence electrons. The van der Waals surface area contributed by atoms with E-state index in [0.717, 1.165) is 39.4 Å². The number of hydrogen-bond donors (Lipinski definition) is 0. The Hall–Kier alpha value is -3.06. The molecule has 4 aromatic rings. The first-order valence-corrected chi connectivity index (χ1v) is 9.84. The molecule has 0 spiro atoms. The Morgan fingerprint density at radius 1 is 1.00 bits per heavy atom. The first-order chi connectivity index (χ1) is 13.6. The maximum Gasteiger partial charge on any atom is 0.196 e. The van der Waals surface area contributed by atoms with Gasteiger partial charge in [-0.2, -0.15) is 0 Å². The van der Waals surface area contributed by atoms with Crippen molar-refractivity contribution >= 4 is 11.8 Å². The molecule has 6 nitrogen and oxygen atoms in total. The third kappa shape index (κ3) is 3.80. The third-order valence-corrected chi connectivity index (χ3v) is 5.25. The number of aryl methyl sites for hydroxylation is 2. The van der Waals surface area contributed by atoms with Crippen LogP contribution in [0.25, 0.3) is 17.1 Å². The van der Waals surface area contributed by atoms with E-state index in [1.165, 1.54) is 5.56 Å². The number of benzene rings is 2. The number of hydrogen-bond acceptors (Lipinski definition) is 6. The molecule has 0 saturated heterocycles. The molecule has 0 saturated carbocycles. The van der Waals surface area contributed by atoms with Gasteiger partial charge in [-0.3, -0.25) is 4.57 Å².